The van der Waals surface area contributed by atoms with E-state index in [1.165, 1.54) is 23.6 Å². The SMILES string of the molecule is CC(=O)NC1C(C)CN(c2ccncc2Nc2ncc3ccc(-c4c(F)cc(C5(O)CCCC5)cc4F)nn23)CC1N. The van der Waals surface area contributed by atoms with Gasteiger partial charge in [0, 0.05) is 38.3 Å². The number of fused-ring (bicyclic) bond motifs is 1. The molecule has 5 N–H and O–H groups in total. The maximum atomic E-state index is 15.3. The summed E-state index contributed by atoms with van der Waals surface area (Å²) in [6.45, 7) is 4.71. The molecule has 1 aromatic carbocycles. The number of halogens is 2. The molecule has 1 saturated carbocycles. The molecule has 42 heavy (non-hydrogen) atoms. The largest absolute Gasteiger partial charge is 0.385 e. The Labute approximate surface area is 242 Å². The number of hydrogen-bond acceptors (Lipinski definition) is 8. The van der Waals surface area contributed by atoms with E-state index in [9.17, 15) is 9.90 Å². The first-order chi connectivity index (χ1) is 20.1. The first-order valence-electron chi connectivity index (χ1n) is 14.2. The van der Waals surface area contributed by atoms with Gasteiger partial charge in [-0.3, -0.25) is 9.78 Å². The number of carbonyl (C=O) groups excluding carboxylic acids is 1. The molecule has 4 aromatic rings. The zero-order chi connectivity index (χ0) is 29.6. The highest BCUT2D eigenvalue weighted by molar-refractivity contribution is 5.75. The fraction of sp³-hybridized carbons (Fsp3) is 0.400. The summed E-state index contributed by atoms with van der Waals surface area (Å²) in [5, 5.41) is 21.6. The van der Waals surface area contributed by atoms with Gasteiger partial charge in [-0.2, -0.15) is 9.61 Å². The van der Waals surface area contributed by atoms with Crippen molar-refractivity contribution in [3.05, 3.63) is 66.1 Å². The van der Waals surface area contributed by atoms with E-state index in [2.05, 4.69) is 30.6 Å². The van der Waals surface area contributed by atoms with E-state index in [4.69, 9.17) is 5.73 Å². The van der Waals surface area contributed by atoms with Crippen molar-refractivity contribution in [3.63, 3.8) is 0 Å². The highest BCUT2D eigenvalue weighted by Gasteiger charge is 2.35. The Balaban J connectivity index is 1.30. The molecule has 1 aliphatic heterocycles. The second-order valence-electron chi connectivity index (χ2n) is 11.5. The molecule has 0 radical (unpaired) electrons. The third kappa shape index (κ3) is 5.16. The quantitative estimate of drug-likeness (QED) is 0.272. The van der Waals surface area contributed by atoms with Crippen molar-refractivity contribution < 1.29 is 18.7 Å². The Morgan fingerprint density at radius 2 is 1.86 bits per heavy atom. The molecule has 2 aliphatic rings. The maximum absolute atomic E-state index is 15.3. The first kappa shape index (κ1) is 28.0. The second kappa shape index (κ2) is 10.9. The van der Waals surface area contributed by atoms with E-state index < -0.39 is 17.2 Å². The van der Waals surface area contributed by atoms with Gasteiger partial charge in [0.2, 0.25) is 11.9 Å². The Bertz CT molecular complexity index is 1600. The van der Waals surface area contributed by atoms with Crippen molar-refractivity contribution in [1.82, 2.24) is 24.9 Å². The number of nitrogens with zero attached hydrogens (tertiary/aromatic N) is 5. The van der Waals surface area contributed by atoms with Gasteiger partial charge in [-0.15, -0.1) is 0 Å². The summed E-state index contributed by atoms with van der Waals surface area (Å²) in [5.74, 6) is -1.24. The summed E-state index contributed by atoms with van der Waals surface area (Å²) < 4.78 is 32.2. The molecule has 0 bridgehead atoms. The van der Waals surface area contributed by atoms with Gasteiger partial charge in [0.15, 0.2) is 0 Å². The molecular formula is C30H34F2N8O2. The lowest BCUT2D eigenvalue weighted by atomic mass is 9.89. The molecule has 12 heteroatoms. The van der Waals surface area contributed by atoms with Gasteiger partial charge in [-0.1, -0.05) is 19.8 Å². The summed E-state index contributed by atoms with van der Waals surface area (Å²) in [7, 11) is 0. The number of anilines is 3. The van der Waals surface area contributed by atoms with Crippen LogP contribution in [0.25, 0.3) is 16.8 Å². The number of piperidine rings is 1. The van der Waals surface area contributed by atoms with Crippen molar-refractivity contribution >= 4 is 28.7 Å². The molecular weight excluding hydrogens is 542 g/mol. The molecule has 10 nitrogen and oxygen atoms in total. The van der Waals surface area contributed by atoms with Gasteiger partial charge in [0.1, 0.15) is 11.6 Å². The van der Waals surface area contributed by atoms with Crippen molar-refractivity contribution in [1.29, 1.82) is 0 Å². The lowest BCUT2D eigenvalue weighted by Gasteiger charge is -2.42. The molecule has 3 aromatic heterocycles. The predicted octanol–water partition coefficient (Wildman–Crippen LogP) is 3.86. The van der Waals surface area contributed by atoms with Crippen LogP contribution in [0.15, 0.2) is 48.9 Å². The molecule has 0 spiro atoms. The van der Waals surface area contributed by atoms with Crippen LogP contribution in [0, 0.1) is 17.6 Å². The van der Waals surface area contributed by atoms with Gasteiger partial charge in [0.05, 0.1) is 46.1 Å². The number of nitrogens with one attached hydrogen (secondary N) is 2. The van der Waals surface area contributed by atoms with E-state index in [-0.39, 0.29) is 40.7 Å². The molecule has 220 valence electrons. The van der Waals surface area contributed by atoms with E-state index in [1.54, 1.807) is 30.7 Å². The normalized spacial score (nSPS) is 22.0. The Kier molecular flexibility index (Phi) is 7.27. The number of hydrogen-bond donors (Lipinski definition) is 4. The van der Waals surface area contributed by atoms with Gasteiger partial charge in [0.25, 0.3) is 0 Å². The number of pyridine rings is 1. The van der Waals surface area contributed by atoms with Crippen LogP contribution in [0.5, 0.6) is 0 Å². The number of benzene rings is 1. The molecule has 3 unspecified atom stereocenters. The smallest absolute Gasteiger partial charge is 0.229 e. The number of aromatic nitrogens is 4. The van der Waals surface area contributed by atoms with Crippen molar-refractivity contribution in [2.75, 3.05) is 23.3 Å². The van der Waals surface area contributed by atoms with Crippen LogP contribution in [0.3, 0.4) is 0 Å². The fourth-order valence-corrected chi connectivity index (χ4v) is 6.32. The van der Waals surface area contributed by atoms with Crippen molar-refractivity contribution in [2.45, 2.75) is 57.2 Å². The van der Waals surface area contributed by atoms with Crippen LogP contribution < -0.4 is 21.3 Å². The van der Waals surface area contributed by atoms with Crippen LogP contribution in [-0.4, -0.2) is 55.8 Å². The Hall–Kier alpha value is -4.16. The van der Waals surface area contributed by atoms with Crippen LogP contribution >= 0.6 is 0 Å². The number of imidazole rings is 1. The average Bonchev–Trinajstić information content (AvgIpc) is 3.57. The Morgan fingerprint density at radius 3 is 2.55 bits per heavy atom. The third-order valence-corrected chi connectivity index (χ3v) is 8.42. The van der Waals surface area contributed by atoms with Gasteiger partial charge in [-0.25, -0.2) is 13.8 Å². The number of carbonyl (C=O) groups is 1. The molecule has 1 saturated heterocycles. The second-order valence-corrected chi connectivity index (χ2v) is 11.5. The maximum Gasteiger partial charge on any atom is 0.229 e. The summed E-state index contributed by atoms with van der Waals surface area (Å²) >= 11 is 0. The number of amides is 1. The molecule has 2 fully saturated rings. The van der Waals surface area contributed by atoms with E-state index >= 15 is 8.78 Å². The number of nitrogens with two attached hydrogens (primary N) is 1. The zero-order valence-corrected chi connectivity index (χ0v) is 23.5. The number of rotatable bonds is 6. The molecule has 1 amide bonds. The first-order valence-corrected chi connectivity index (χ1v) is 14.2. The predicted molar refractivity (Wildman–Crippen MR) is 155 cm³/mol. The van der Waals surface area contributed by atoms with Crippen molar-refractivity contribution in [3.8, 4) is 11.3 Å². The van der Waals surface area contributed by atoms with Gasteiger partial charge >= 0.3 is 0 Å². The minimum atomic E-state index is -1.21. The zero-order valence-electron chi connectivity index (χ0n) is 23.5. The number of aliphatic hydroxyl groups is 1. The molecule has 4 heterocycles. The molecule has 1 aliphatic carbocycles. The van der Waals surface area contributed by atoms with E-state index in [1.807, 2.05) is 13.0 Å². The topological polar surface area (TPSA) is 134 Å². The average molecular weight is 577 g/mol. The Morgan fingerprint density at radius 1 is 1.12 bits per heavy atom. The molecule has 3 atom stereocenters. The van der Waals surface area contributed by atoms with Gasteiger partial charge < -0.3 is 26.4 Å². The van der Waals surface area contributed by atoms with Crippen LogP contribution in [0.1, 0.15) is 45.1 Å². The van der Waals surface area contributed by atoms with Crippen molar-refractivity contribution in [2.24, 2.45) is 11.7 Å². The van der Waals surface area contributed by atoms with E-state index in [0.29, 0.717) is 43.1 Å². The van der Waals surface area contributed by atoms with Crippen LogP contribution in [-0.2, 0) is 10.4 Å². The van der Waals surface area contributed by atoms with Crippen LogP contribution in [0.2, 0.25) is 0 Å². The summed E-state index contributed by atoms with van der Waals surface area (Å²) in [6.07, 6.45) is 7.56. The highest BCUT2D eigenvalue weighted by atomic mass is 19.1. The van der Waals surface area contributed by atoms with Gasteiger partial charge in [-0.05, 0) is 54.7 Å². The van der Waals surface area contributed by atoms with Crippen LogP contribution in [0.4, 0.5) is 26.1 Å². The monoisotopic (exact) mass is 576 g/mol. The minimum Gasteiger partial charge on any atom is -0.385 e. The third-order valence-electron chi connectivity index (χ3n) is 8.42. The lowest BCUT2D eigenvalue weighted by molar-refractivity contribution is -0.120. The summed E-state index contributed by atoms with van der Waals surface area (Å²) in [4.78, 5) is 22.5. The minimum absolute atomic E-state index is 0.0924. The standard InChI is InChI=1S/C30H34F2N8O2/c1-17-15-39(16-23(33)28(17)36-18(2)41)26-7-10-34-14-25(26)37-29-35-13-20-5-6-24(38-40(20)29)27-21(31)11-19(12-22(27)32)30(42)8-3-4-9-30/h5-7,10-14,17,23,28,42H,3-4,8-9,15-16,33H2,1-2H3,(H,35,37)(H,36,41). The fourth-order valence-electron chi connectivity index (χ4n) is 6.32. The van der Waals surface area contributed by atoms with E-state index in [0.717, 1.165) is 18.5 Å². The lowest BCUT2D eigenvalue weighted by Crippen LogP contribution is -2.61. The summed E-state index contributed by atoms with van der Waals surface area (Å²) in [6, 6.07) is 7.13. The summed E-state index contributed by atoms with van der Waals surface area (Å²) in [5.41, 5.74) is 7.45. The highest BCUT2D eigenvalue weighted by Crippen LogP contribution is 2.40. The molecule has 6 rings (SSSR count).